The lowest BCUT2D eigenvalue weighted by Crippen LogP contribution is -2.49. The van der Waals surface area contributed by atoms with Gasteiger partial charge in [0.25, 0.3) is 5.91 Å². The van der Waals surface area contributed by atoms with Crippen LogP contribution in [0.5, 0.6) is 5.75 Å². The highest BCUT2D eigenvalue weighted by atomic mass is 16.5. The second kappa shape index (κ2) is 13.1. The molecule has 0 bridgehead atoms. The first kappa shape index (κ1) is 27.9. The molecule has 2 N–H and O–H groups in total. The molecule has 1 aromatic rings. The lowest BCUT2D eigenvalue weighted by molar-refractivity contribution is -0.134. The van der Waals surface area contributed by atoms with E-state index in [1.54, 1.807) is 11.0 Å². The van der Waals surface area contributed by atoms with Crippen molar-refractivity contribution in [1.82, 2.24) is 20.4 Å². The van der Waals surface area contributed by atoms with Gasteiger partial charge in [-0.2, -0.15) is 0 Å². The van der Waals surface area contributed by atoms with Crippen LogP contribution < -0.4 is 20.3 Å². The van der Waals surface area contributed by atoms with Crippen LogP contribution in [0, 0.1) is 24.7 Å². The maximum atomic E-state index is 12.9. The second-order valence-corrected chi connectivity index (χ2v) is 12.0. The van der Waals surface area contributed by atoms with Gasteiger partial charge < -0.3 is 19.9 Å². The number of amides is 4. The Labute approximate surface area is 232 Å². The van der Waals surface area contributed by atoms with E-state index in [1.165, 1.54) is 64.8 Å². The molecular weight excluding hydrogens is 494 g/mol. The Morgan fingerprint density at radius 2 is 1.62 bits per heavy atom. The average molecular weight is 540 g/mol. The van der Waals surface area contributed by atoms with E-state index < -0.39 is 6.03 Å². The summed E-state index contributed by atoms with van der Waals surface area (Å²) in [5.74, 6) is 2.74. The fourth-order valence-corrected chi connectivity index (χ4v) is 6.72. The van der Waals surface area contributed by atoms with Crippen molar-refractivity contribution in [3.05, 3.63) is 23.8 Å². The number of nitrogens with zero attached hydrogens (tertiary/aromatic N) is 3. The number of rotatable bonds is 8. The van der Waals surface area contributed by atoms with Crippen LogP contribution in [0.2, 0.25) is 0 Å². The number of hydrogen-bond donors (Lipinski definition) is 2. The van der Waals surface area contributed by atoms with Gasteiger partial charge in [0, 0.05) is 38.7 Å². The van der Waals surface area contributed by atoms with Crippen LogP contribution in [0.15, 0.2) is 18.2 Å². The van der Waals surface area contributed by atoms with Gasteiger partial charge in [-0.05, 0) is 107 Å². The molecular formula is C30H45N5O4. The highest BCUT2D eigenvalue weighted by molar-refractivity contribution is 6.06. The number of carbonyl (C=O) groups is 3. The molecule has 4 aliphatic rings. The number of benzene rings is 1. The highest BCUT2D eigenvalue weighted by Crippen LogP contribution is 2.31. The molecule has 0 aromatic heterocycles. The first-order valence-electron chi connectivity index (χ1n) is 15.0. The van der Waals surface area contributed by atoms with Crippen LogP contribution in [0.3, 0.4) is 0 Å². The van der Waals surface area contributed by atoms with Gasteiger partial charge >= 0.3 is 6.03 Å². The SMILES string of the molecule is Cc1ccc(OCC(=O)N2CCC(CC3CCN(CC4CCNCC4)CC3)CC2)cc1N1CCC(=O)NC1=O. The molecule has 1 aromatic carbocycles. The molecule has 214 valence electrons. The summed E-state index contributed by atoms with van der Waals surface area (Å²) in [6.07, 6.45) is 9.04. The van der Waals surface area contributed by atoms with E-state index in [0.717, 1.165) is 49.2 Å². The summed E-state index contributed by atoms with van der Waals surface area (Å²) < 4.78 is 5.85. The summed E-state index contributed by atoms with van der Waals surface area (Å²) in [7, 11) is 0. The van der Waals surface area contributed by atoms with Crippen molar-refractivity contribution < 1.29 is 19.1 Å². The number of piperidine rings is 3. The van der Waals surface area contributed by atoms with Crippen LogP contribution >= 0.6 is 0 Å². The zero-order chi connectivity index (χ0) is 27.2. The summed E-state index contributed by atoms with van der Waals surface area (Å²) in [5.41, 5.74) is 1.61. The summed E-state index contributed by atoms with van der Waals surface area (Å²) in [6, 6.07) is 5.06. The third-order valence-corrected chi connectivity index (χ3v) is 9.20. The lowest BCUT2D eigenvalue weighted by Gasteiger charge is -2.38. The predicted molar refractivity (Wildman–Crippen MR) is 151 cm³/mol. The van der Waals surface area contributed by atoms with Crippen LogP contribution in [0.25, 0.3) is 0 Å². The number of ether oxygens (including phenoxy) is 1. The Bertz CT molecular complexity index is 1010. The number of nitrogens with one attached hydrogen (secondary N) is 2. The van der Waals surface area contributed by atoms with Crippen molar-refractivity contribution in [3.8, 4) is 5.75 Å². The van der Waals surface area contributed by atoms with E-state index in [2.05, 4.69) is 15.5 Å². The van der Waals surface area contributed by atoms with Crippen molar-refractivity contribution >= 4 is 23.5 Å². The average Bonchev–Trinajstić information content (AvgIpc) is 2.95. The fraction of sp³-hybridized carbons (Fsp3) is 0.700. The topological polar surface area (TPSA) is 94.2 Å². The van der Waals surface area contributed by atoms with Crippen molar-refractivity contribution in [2.24, 2.45) is 17.8 Å². The van der Waals surface area contributed by atoms with Gasteiger partial charge in [-0.15, -0.1) is 0 Å². The van der Waals surface area contributed by atoms with Crippen LogP contribution in [0.1, 0.15) is 56.9 Å². The van der Waals surface area contributed by atoms with Crippen molar-refractivity contribution in [3.63, 3.8) is 0 Å². The molecule has 4 amide bonds. The Morgan fingerprint density at radius 1 is 0.923 bits per heavy atom. The summed E-state index contributed by atoms with van der Waals surface area (Å²) in [6.45, 7) is 10.0. The van der Waals surface area contributed by atoms with E-state index in [1.807, 2.05) is 24.0 Å². The van der Waals surface area contributed by atoms with Crippen LogP contribution in [-0.4, -0.2) is 86.6 Å². The van der Waals surface area contributed by atoms with Gasteiger partial charge in [0.15, 0.2) is 6.61 Å². The number of urea groups is 1. The minimum atomic E-state index is -0.423. The summed E-state index contributed by atoms with van der Waals surface area (Å²) in [4.78, 5) is 42.8. The molecule has 9 nitrogen and oxygen atoms in total. The van der Waals surface area contributed by atoms with Crippen molar-refractivity contribution in [1.29, 1.82) is 0 Å². The normalized spacial score (nSPS) is 22.7. The molecule has 5 rings (SSSR count). The highest BCUT2D eigenvalue weighted by Gasteiger charge is 2.29. The zero-order valence-corrected chi connectivity index (χ0v) is 23.5. The van der Waals surface area contributed by atoms with Crippen LogP contribution in [0.4, 0.5) is 10.5 Å². The molecule has 0 aliphatic carbocycles. The standard InChI is InChI=1S/C30H45N5O4/c1-22-2-3-26(19-27(22)35-17-10-28(36)32-30(35)38)39-21-29(37)34-15-8-24(9-16-34)18-23-6-13-33(14-7-23)20-25-4-11-31-12-5-25/h2-3,19,23-25,31H,4-18,20-21H2,1H3,(H,32,36,38). The Morgan fingerprint density at radius 3 is 2.31 bits per heavy atom. The summed E-state index contributed by atoms with van der Waals surface area (Å²) >= 11 is 0. The molecule has 0 saturated carbocycles. The van der Waals surface area contributed by atoms with Gasteiger partial charge in [-0.25, -0.2) is 4.79 Å². The summed E-state index contributed by atoms with van der Waals surface area (Å²) in [5, 5.41) is 5.83. The minimum absolute atomic E-state index is 0.00658. The number of aryl methyl sites for hydroxylation is 1. The van der Waals surface area contributed by atoms with Gasteiger partial charge in [-0.1, -0.05) is 6.07 Å². The molecule has 0 atom stereocenters. The first-order chi connectivity index (χ1) is 18.9. The van der Waals surface area contributed by atoms with Crippen molar-refractivity contribution in [2.45, 2.75) is 58.3 Å². The molecule has 4 aliphatic heterocycles. The molecule has 0 radical (unpaired) electrons. The van der Waals surface area contributed by atoms with E-state index in [9.17, 15) is 14.4 Å². The number of likely N-dealkylation sites (tertiary alicyclic amines) is 2. The van der Waals surface area contributed by atoms with Gasteiger partial charge in [0.05, 0.1) is 5.69 Å². The van der Waals surface area contributed by atoms with Crippen LogP contribution in [-0.2, 0) is 9.59 Å². The van der Waals surface area contributed by atoms with Gasteiger partial charge in [-0.3, -0.25) is 19.8 Å². The van der Waals surface area contributed by atoms with E-state index >= 15 is 0 Å². The number of anilines is 1. The third kappa shape index (κ3) is 7.51. The Hall–Kier alpha value is -2.65. The van der Waals surface area contributed by atoms with Gasteiger partial charge in [0.2, 0.25) is 5.91 Å². The molecule has 39 heavy (non-hydrogen) atoms. The largest absolute Gasteiger partial charge is 0.484 e. The monoisotopic (exact) mass is 539 g/mol. The fourth-order valence-electron chi connectivity index (χ4n) is 6.72. The van der Waals surface area contributed by atoms with E-state index in [0.29, 0.717) is 18.0 Å². The molecule has 0 spiro atoms. The van der Waals surface area contributed by atoms with E-state index in [4.69, 9.17) is 4.74 Å². The zero-order valence-electron chi connectivity index (χ0n) is 23.5. The Balaban J connectivity index is 1.02. The maximum absolute atomic E-state index is 12.9. The number of imide groups is 1. The Kier molecular flexibility index (Phi) is 9.40. The number of hydrogen-bond acceptors (Lipinski definition) is 6. The smallest absolute Gasteiger partial charge is 0.328 e. The van der Waals surface area contributed by atoms with Gasteiger partial charge in [0.1, 0.15) is 5.75 Å². The molecule has 4 saturated heterocycles. The maximum Gasteiger partial charge on any atom is 0.328 e. The molecule has 0 unspecified atom stereocenters. The third-order valence-electron chi connectivity index (χ3n) is 9.20. The minimum Gasteiger partial charge on any atom is -0.484 e. The molecule has 9 heteroatoms. The second-order valence-electron chi connectivity index (χ2n) is 12.0. The molecule has 4 fully saturated rings. The van der Waals surface area contributed by atoms with Crippen molar-refractivity contribution in [2.75, 3.05) is 63.9 Å². The lowest BCUT2D eigenvalue weighted by atomic mass is 9.82. The van der Waals surface area contributed by atoms with E-state index in [-0.39, 0.29) is 24.8 Å². The first-order valence-corrected chi connectivity index (χ1v) is 15.0. The molecule has 4 heterocycles. The quantitative estimate of drug-likeness (QED) is 0.527. The predicted octanol–water partition coefficient (Wildman–Crippen LogP) is 3.16. The number of carbonyl (C=O) groups excluding carboxylic acids is 3.